The SMILES string of the molecule is CCCNC1(C#N)CCCC1CCN1CCCC(C)C1C. The number of nitrogens with one attached hydrogen (secondary N) is 1. The molecule has 4 atom stereocenters. The largest absolute Gasteiger partial charge is 0.300 e. The van der Waals surface area contributed by atoms with Crippen molar-refractivity contribution in [2.75, 3.05) is 19.6 Å². The van der Waals surface area contributed by atoms with Crippen LogP contribution in [0.25, 0.3) is 0 Å². The minimum Gasteiger partial charge on any atom is -0.300 e. The molecule has 0 bridgehead atoms. The van der Waals surface area contributed by atoms with Crippen LogP contribution in [0, 0.1) is 23.2 Å². The summed E-state index contributed by atoms with van der Waals surface area (Å²) < 4.78 is 0. The van der Waals surface area contributed by atoms with Crippen molar-refractivity contribution in [3.05, 3.63) is 0 Å². The van der Waals surface area contributed by atoms with Crippen molar-refractivity contribution in [3.63, 3.8) is 0 Å². The van der Waals surface area contributed by atoms with E-state index in [2.05, 4.69) is 37.1 Å². The molecule has 0 spiro atoms. The van der Waals surface area contributed by atoms with E-state index < -0.39 is 0 Å². The molecular weight excluding hydrogens is 258 g/mol. The van der Waals surface area contributed by atoms with Gasteiger partial charge in [0.2, 0.25) is 0 Å². The van der Waals surface area contributed by atoms with Crippen LogP contribution in [0.4, 0.5) is 0 Å². The van der Waals surface area contributed by atoms with Gasteiger partial charge in [-0.3, -0.25) is 5.32 Å². The molecule has 21 heavy (non-hydrogen) atoms. The first kappa shape index (κ1) is 16.8. The molecule has 4 unspecified atom stereocenters. The highest BCUT2D eigenvalue weighted by molar-refractivity contribution is 5.14. The van der Waals surface area contributed by atoms with Gasteiger partial charge in [0.15, 0.2) is 0 Å². The Morgan fingerprint density at radius 1 is 1.29 bits per heavy atom. The maximum atomic E-state index is 9.72. The van der Waals surface area contributed by atoms with Crippen LogP contribution in [0.5, 0.6) is 0 Å². The molecule has 1 aliphatic carbocycles. The van der Waals surface area contributed by atoms with Gasteiger partial charge in [-0.1, -0.05) is 20.3 Å². The van der Waals surface area contributed by atoms with Crippen LogP contribution in [0.1, 0.15) is 65.7 Å². The zero-order valence-corrected chi connectivity index (χ0v) is 14.2. The number of hydrogen-bond donors (Lipinski definition) is 1. The molecule has 3 nitrogen and oxygen atoms in total. The van der Waals surface area contributed by atoms with Crippen LogP contribution in [0.15, 0.2) is 0 Å². The van der Waals surface area contributed by atoms with Crippen LogP contribution >= 0.6 is 0 Å². The fraction of sp³-hybridized carbons (Fsp3) is 0.944. The second-order valence-corrected chi connectivity index (χ2v) is 7.28. The van der Waals surface area contributed by atoms with Crippen LogP contribution in [0.3, 0.4) is 0 Å². The second kappa shape index (κ2) is 7.61. The Morgan fingerprint density at radius 3 is 2.81 bits per heavy atom. The van der Waals surface area contributed by atoms with Gasteiger partial charge in [0.25, 0.3) is 0 Å². The molecule has 1 aliphatic heterocycles. The quantitative estimate of drug-likeness (QED) is 0.813. The van der Waals surface area contributed by atoms with E-state index in [-0.39, 0.29) is 5.54 Å². The highest BCUT2D eigenvalue weighted by Crippen LogP contribution is 2.38. The molecule has 1 heterocycles. The van der Waals surface area contributed by atoms with Crippen molar-refractivity contribution in [1.29, 1.82) is 5.26 Å². The Morgan fingerprint density at radius 2 is 2.10 bits per heavy atom. The molecule has 0 aromatic heterocycles. The highest BCUT2D eigenvalue weighted by atomic mass is 15.2. The maximum Gasteiger partial charge on any atom is 0.109 e. The molecule has 3 heteroatoms. The number of nitriles is 1. The fourth-order valence-corrected chi connectivity index (χ4v) is 4.29. The molecule has 0 aromatic carbocycles. The van der Waals surface area contributed by atoms with Crippen LogP contribution in [-0.4, -0.2) is 36.1 Å². The van der Waals surface area contributed by atoms with Gasteiger partial charge in [-0.2, -0.15) is 5.26 Å². The molecule has 2 fully saturated rings. The summed E-state index contributed by atoms with van der Waals surface area (Å²) in [5, 5.41) is 13.3. The van der Waals surface area contributed by atoms with Crippen LogP contribution in [-0.2, 0) is 0 Å². The van der Waals surface area contributed by atoms with E-state index in [1.54, 1.807) is 0 Å². The summed E-state index contributed by atoms with van der Waals surface area (Å²) in [6.07, 6.45) is 8.48. The minimum absolute atomic E-state index is 0.235. The van der Waals surface area contributed by atoms with Crippen molar-refractivity contribution < 1.29 is 0 Å². The van der Waals surface area contributed by atoms with Crippen molar-refractivity contribution in [1.82, 2.24) is 10.2 Å². The lowest BCUT2D eigenvalue weighted by Gasteiger charge is -2.39. The zero-order chi connectivity index (χ0) is 15.3. The zero-order valence-electron chi connectivity index (χ0n) is 14.2. The van der Waals surface area contributed by atoms with Gasteiger partial charge in [0.05, 0.1) is 6.07 Å². The molecule has 1 saturated carbocycles. The van der Waals surface area contributed by atoms with Gasteiger partial charge < -0.3 is 4.90 Å². The monoisotopic (exact) mass is 291 g/mol. The Bertz CT molecular complexity index is 362. The molecule has 0 amide bonds. The molecule has 1 saturated heterocycles. The standard InChI is InChI=1S/C18H33N3/c1-4-11-20-18(14-19)10-5-8-17(18)9-13-21-12-6-7-15(2)16(21)3/h15-17,20H,4-13H2,1-3H3. The Hall–Kier alpha value is -0.590. The number of piperidine rings is 1. The average molecular weight is 291 g/mol. The smallest absolute Gasteiger partial charge is 0.109 e. The van der Waals surface area contributed by atoms with E-state index in [1.807, 2.05) is 0 Å². The lowest BCUT2D eigenvalue weighted by atomic mass is 9.84. The summed E-state index contributed by atoms with van der Waals surface area (Å²) in [7, 11) is 0. The van der Waals surface area contributed by atoms with Crippen molar-refractivity contribution in [2.45, 2.75) is 77.3 Å². The Kier molecular flexibility index (Phi) is 6.08. The highest BCUT2D eigenvalue weighted by Gasteiger charge is 2.42. The van der Waals surface area contributed by atoms with Crippen molar-refractivity contribution in [3.8, 4) is 6.07 Å². The van der Waals surface area contributed by atoms with Gasteiger partial charge in [-0.25, -0.2) is 0 Å². The number of nitrogens with zero attached hydrogens (tertiary/aromatic N) is 2. The summed E-state index contributed by atoms with van der Waals surface area (Å²) in [6.45, 7) is 10.3. The van der Waals surface area contributed by atoms with Crippen LogP contribution < -0.4 is 5.32 Å². The third kappa shape index (κ3) is 3.79. The van der Waals surface area contributed by atoms with Gasteiger partial charge in [-0.05, 0) is 76.9 Å². The van der Waals surface area contributed by atoms with E-state index in [1.165, 1.54) is 45.2 Å². The van der Waals surface area contributed by atoms with Gasteiger partial charge in [0, 0.05) is 6.04 Å². The van der Waals surface area contributed by atoms with E-state index in [9.17, 15) is 5.26 Å². The van der Waals surface area contributed by atoms with Gasteiger partial charge in [-0.15, -0.1) is 0 Å². The predicted molar refractivity (Wildman–Crippen MR) is 88.0 cm³/mol. The summed E-state index contributed by atoms with van der Waals surface area (Å²) in [6, 6.07) is 3.35. The maximum absolute atomic E-state index is 9.72. The molecule has 2 rings (SSSR count). The molecule has 0 radical (unpaired) electrons. The molecule has 1 N–H and O–H groups in total. The minimum atomic E-state index is -0.235. The number of hydrogen-bond acceptors (Lipinski definition) is 3. The summed E-state index contributed by atoms with van der Waals surface area (Å²) in [5.41, 5.74) is -0.235. The topological polar surface area (TPSA) is 39.1 Å². The Balaban J connectivity index is 1.90. The van der Waals surface area contributed by atoms with E-state index in [0.29, 0.717) is 12.0 Å². The third-order valence-corrected chi connectivity index (χ3v) is 5.98. The lowest BCUT2D eigenvalue weighted by molar-refractivity contribution is 0.102. The third-order valence-electron chi connectivity index (χ3n) is 5.98. The molecule has 2 aliphatic rings. The second-order valence-electron chi connectivity index (χ2n) is 7.28. The first-order valence-corrected chi connectivity index (χ1v) is 9.03. The molecular formula is C18H33N3. The summed E-state index contributed by atoms with van der Waals surface area (Å²) in [4.78, 5) is 2.66. The number of likely N-dealkylation sites (tertiary alicyclic amines) is 1. The normalized spacial score (nSPS) is 37.5. The van der Waals surface area contributed by atoms with E-state index in [4.69, 9.17) is 0 Å². The first-order valence-electron chi connectivity index (χ1n) is 9.03. The lowest BCUT2D eigenvalue weighted by Crippen LogP contribution is -2.49. The van der Waals surface area contributed by atoms with E-state index >= 15 is 0 Å². The fourth-order valence-electron chi connectivity index (χ4n) is 4.29. The van der Waals surface area contributed by atoms with E-state index in [0.717, 1.165) is 25.3 Å². The van der Waals surface area contributed by atoms with Crippen molar-refractivity contribution in [2.24, 2.45) is 11.8 Å². The first-order chi connectivity index (χ1) is 10.1. The predicted octanol–water partition coefficient (Wildman–Crippen LogP) is 3.56. The molecule has 120 valence electrons. The summed E-state index contributed by atoms with van der Waals surface area (Å²) in [5.74, 6) is 1.36. The number of rotatable bonds is 6. The molecule has 0 aromatic rings. The van der Waals surface area contributed by atoms with Gasteiger partial charge in [0.1, 0.15) is 5.54 Å². The summed E-state index contributed by atoms with van der Waals surface area (Å²) >= 11 is 0. The van der Waals surface area contributed by atoms with Gasteiger partial charge >= 0.3 is 0 Å². The average Bonchev–Trinajstić information content (AvgIpc) is 2.90. The Labute approximate surface area is 131 Å². The van der Waals surface area contributed by atoms with Crippen LogP contribution in [0.2, 0.25) is 0 Å². The van der Waals surface area contributed by atoms with Crippen molar-refractivity contribution >= 4 is 0 Å².